The number of nitrogens with one attached hydrogen (secondary N) is 2. The Morgan fingerprint density at radius 2 is 1.78 bits per heavy atom. The van der Waals surface area contributed by atoms with Crippen molar-refractivity contribution in [3.05, 3.63) is 42.4 Å². The molecule has 122 valence electrons. The average molecular weight is 316 g/mol. The van der Waals surface area contributed by atoms with Gasteiger partial charge in [0.25, 0.3) is 5.91 Å². The van der Waals surface area contributed by atoms with E-state index in [1.165, 1.54) is 4.57 Å². The number of hydrogen-bond acceptors (Lipinski definition) is 4. The largest absolute Gasteiger partial charge is 0.444 e. The maximum absolute atomic E-state index is 12.2. The van der Waals surface area contributed by atoms with Crippen LogP contribution < -0.4 is 10.6 Å². The van der Waals surface area contributed by atoms with Crippen LogP contribution in [0.4, 0.5) is 16.3 Å². The van der Waals surface area contributed by atoms with Crippen LogP contribution in [0.3, 0.4) is 0 Å². The normalized spacial score (nSPS) is 11.0. The van der Waals surface area contributed by atoms with E-state index in [1.807, 2.05) is 18.2 Å². The Morgan fingerprint density at radius 1 is 1.13 bits per heavy atom. The fourth-order valence-corrected chi connectivity index (χ4v) is 1.85. The Bertz CT molecular complexity index is 702. The highest BCUT2D eigenvalue weighted by Gasteiger charge is 2.19. The third-order valence-electron chi connectivity index (χ3n) is 2.74. The monoisotopic (exact) mass is 316 g/mol. The van der Waals surface area contributed by atoms with Gasteiger partial charge < -0.3 is 14.6 Å². The highest BCUT2D eigenvalue weighted by molar-refractivity contribution is 6.02. The number of amides is 2. The van der Waals surface area contributed by atoms with E-state index >= 15 is 0 Å². The van der Waals surface area contributed by atoms with Crippen molar-refractivity contribution in [3.63, 3.8) is 0 Å². The number of carbonyl (C=O) groups excluding carboxylic acids is 2. The summed E-state index contributed by atoms with van der Waals surface area (Å²) in [7, 11) is 1.67. The fraction of sp³-hybridized carbons (Fsp3) is 0.312. The second-order valence-corrected chi connectivity index (χ2v) is 6.01. The summed E-state index contributed by atoms with van der Waals surface area (Å²) >= 11 is 0. The molecular formula is C16H20N4O3. The Hall–Kier alpha value is -2.83. The third-order valence-corrected chi connectivity index (χ3v) is 2.74. The summed E-state index contributed by atoms with van der Waals surface area (Å²) < 4.78 is 6.68. The van der Waals surface area contributed by atoms with E-state index in [1.54, 1.807) is 46.1 Å². The molecule has 2 N–H and O–H groups in total. The van der Waals surface area contributed by atoms with Gasteiger partial charge in [-0.1, -0.05) is 18.2 Å². The lowest BCUT2D eigenvalue weighted by Gasteiger charge is -2.18. The summed E-state index contributed by atoms with van der Waals surface area (Å²) in [6, 6.07) is 9.06. The van der Waals surface area contributed by atoms with Crippen LogP contribution in [0, 0.1) is 0 Å². The molecule has 1 heterocycles. The van der Waals surface area contributed by atoms with E-state index in [4.69, 9.17) is 4.74 Å². The van der Waals surface area contributed by atoms with E-state index in [-0.39, 0.29) is 17.5 Å². The lowest BCUT2D eigenvalue weighted by Crippen LogP contribution is -2.27. The predicted molar refractivity (Wildman–Crippen MR) is 87.5 cm³/mol. The molecule has 7 nitrogen and oxygen atoms in total. The van der Waals surface area contributed by atoms with Crippen molar-refractivity contribution in [3.8, 4) is 0 Å². The van der Waals surface area contributed by atoms with E-state index in [2.05, 4.69) is 15.6 Å². The second kappa shape index (κ2) is 6.51. The zero-order valence-corrected chi connectivity index (χ0v) is 13.6. The first-order valence-electron chi connectivity index (χ1n) is 7.14. The Balaban J connectivity index is 2.06. The number of carbonyl (C=O) groups is 2. The van der Waals surface area contributed by atoms with Gasteiger partial charge in [0.15, 0.2) is 5.82 Å². The molecule has 7 heteroatoms. The van der Waals surface area contributed by atoms with Crippen molar-refractivity contribution in [1.82, 2.24) is 9.55 Å². The van der Waals surface area contributed by atoms with Crippen LogP contribution >= 0.6 is 0 Å². The van der Waals surface area contributed by atoms with E-state index < -0.39 is 11.7 Å². The van der Waals surface area contributed by atoms with Crippen LogP contribution in [-0.2, 0) is 11.8 Å². The van der Waals surface area contributed by atoms with Gasteiger partial charge in [-0.3, -0.25) is 10.1 Å². The number of aryl methyl sites for hydroxylation is 1. The molecule has 1 aromatic carbocycles. The summed E-state index contributed by atoms with van der Waals surface area (Å²) in [6.45, 7) is 5.30. The molecule has 0 radical (unpaired) electrons. The molecule has 2 rings (SSSR count). The number of hydrogen-bond donors (Lipinski definition) is 2. The smallest absolute Gasteiger partial charge is 0.413 e. The standard InChI is InChI=1S/C16H20N4O3/c1-16(2,3)23-15(22)19-12-10-20(4)13(18-12)14(21)17-11-8-6-5-7-9-11/h5-10H,1-4H3,(H,17,21)(H,19,22). The van der Waals surface area contributed by atoms with Gasteiger partial charge in [0.05, 0.1) is 0 Å². The number of imidazole rings is 1. The van der Waals surface area contributed by atoms with Crippen molar-refractivity contribution < 1.29 is 14.3 Å². The van der Waals surface area contributed by atoms with Gasteiger partial charge in [0.2, 0.25) is 5.82 Å². The molecule has 0 atom stereocenters. The quantitative estimate of drug-likeness (QED) is 0.911. The summed E-state index contributed by atoms with van der Waals surface area (Å²) in [6.07, 6.45) is 0.926. The van der Waals surface area contributed by atoms with E-state index in [0.717, 1.165) is 0 Å². The summed E-state index contributed by atoms with van der Waals surface area (Å²) in [5.41, 5.74) is 0.0639. The SMILES string of the molecule is Cn1cc(NC(=O)OC(C)(C)C)nc1C(=O)Nc1ccccc1. The van der Waals surface area contributed by atoms with Crippen LogP contribution in [-0.4, -0.2) is 27.2 Å². The molecule has 0 saturated carbocycles. The molecule has 0 aliphatic carbocycles. The minimum atomic E-state index is -0.620. The molecule has 2 aromatic rings. The second-order valence-electron chi connectivity index (χ2n) is 6.01. The van der Waals surface area contributed by atoms with Crippen molar-refractivity contribution in [1.29, 1.82) is 0 Å². The van der Waals surface area contributed by atoms with Gasteiger partial charge >= 0.3 is 6.09 Å². The molecule has 0 spiro atoms. The number of benzene rings is 1. The molecule has 0 unspecified atom stereocenters. The molecule has 0 aliphatic heterocycles. The fourth-order valence-electron chi connectivity index (χ4n) is 1.85. The van der Waals surface area contributed by atoms with Crippen LogP contribution in [0.15, 0.2) is 36.5 Å². The minimum absolute atomic E-state index is 0.180. The molecule has 0 fully saturated rings. The third kappa shape index (κ3) is 4.84. The predicted octanol–water partition coefficient (Wildman–Crippen LogP) is 3.02. The molecule has 2 amide bonds. The highest BCUT2D eigenvalue weighted by Crippen LogP contribution is 2.13. The summed E-state index contributed by atoms with van der Waals surface area (Å²) in [4.78, 5) is 28.1. The number of ether oxygens (including phenoxy) is 1. The molecule has 1 aromatic heterocycles. The highest BCUT2D eigenvalue weighted by atomic mass is 16.6. The average Bonchev–Trinajstić information content (AvgIpc) is 2.78. The van der Waals surface area contributed by atoms with Crippen LogP contribution in [0.1, 0.15) is 31.4 Å². The Kier molecular flexibility index (Phi) is 4.68. The molecular weight excluding hydrogens is 296 g/mol. The van der Waals surface area contributed by atoms with Gasteiger partial charge in [0.1, 0.15) is 5.60 Å². The topological polar surface area (TPSA) is 85.2 Å². The first-order chi connectivity index (χ1) is 10.7. The number of aromatic nitrogens is 2. The Labute approximate surface area is 134 Å². The maximum Gasteiger partial charge on any atom is 0.413 e. The van der Waals surface area contributed by atoms with Crippen molar-refractivity contribution >= 4 is 23.5 Å². The maximum atomic E-state index is 12.2. The van der Waals surface area contributed by atoms with Crippen molar-refractivity contribution in [2.75, 3.05) is 10.6 Å². The number of anilines is 2. The van der Waals surface area contributed by atoms with Gasteiger partial charge in [-0.2, -0.15) is 0 Å². The summed E-state index contributed by atoms with van der Waals surface area (Å²) in [5.74, 6) is 0.0656. The number of rotatable bonds is 3. The minimum Gasteiger partial charge on any atom is -0.444 e. The van der Waals surface area contributed by atoms with E-state index in [0.29, 0.717) is 5.69 Å². The van der Waals surface area contributed by atoms with Crippen LogP contribution in [0.2, 0.25) is 0 Å². The lowest BCUT2D eigenvalue weighted by atomic mass is 10.2. The molecule has 0 bridgehead atoms. The first-order valence-corrected chi connectivity index (χ1v) is 7.14. The zero-order valence-electron chi connectivity index (χ0n) is 13.6. The van der Waals surface area contributed by atoms with Gasteiger partial charge in [-0.15, -0.1) is 0 Å². The van der Waals surface area contributed by atoms with Crippen molar-refractivity contribution in [2.24, 2.45) is 7.05 Å². The zero-order chi connectivity index (χ0) is 17.0. The number of nitrogens with zero attached hydrogens (tertiary/aromatic N) is 2. The van der Waals surface area contributed by atoms with Crippen LogP contribution in [0.25, 0.3) is 0 Å². The number of para-hydroxylation sites is 1. The Morgan fingerprint density at radius 3 is 2.39 bits per heavy atom. The van der Waals surface area contributed by atoms with Gasteiger partial charge in [-0.05, 0) is 32.9 Å². The lowest BCUT2D eigenvalue weighted by molar-refractivity contribution is 0.0635. The van der Waals surface area contributed by atoms with Gasteiger partial charge in [0, 0.05) is 18.9 Å². The molecule has 0 aliphatic rings. The molecule has 0 saturated heterocycles. The summed E-state index contributed by atoms with van der Waals surface area (Å²) in [5, 5.41) is 5.24. The van der Waals surface area contributed by atoms with Crippen molar-refractivity contribution in [2.45, 2.75) is 26.4 Å². The molecule has 23 heavy (non-hydrogen) atoms. The van der Waals surface area contributed by atoms with Crippen LogP contribution in [0.5, 0.6) is 0 Å². The van der Waals surface area contributed by atoms with Gasteiger partial charge in [-0.25, -0.2) is 9.78 Å². The first kappa shape index (κ1) is 16.5. The van der Waals surface area contributed by atoms with E-state index in [9.17, 15) is 9.59 Å².